The quantitative estimate of drug-likeness (QED) is 0.501. The van der Waals surface area contributed by atoms with Crippen molar-refractivity contribution in [3.05, 3.63) is 90.5 Å². The van der Waals surface area contributed by atoms with Crippen LogP contribution < -0.4 is 4.90 Å². The lowest BCUT2D eigenvalue weighted by atomic mass is 10.0. The van der Waals surface area contributed by atoms with Crippen LogP contribution in [-0.2, 0) is 0 Å². The third kappa shape index (κ3) is 3.84. The Balaban J connectivity index is 1.31. The number of fused-ring (bicyclic) bond motifs is 1. The first-order valence-electron chi connectivity index (χ1n) is 10.3. The summed E-state index contributed by atoms with van der Waals surface area (Å²) in [6.07, 6.45) is 1.53. The van der Waals surface area contributed by atoms with Crippen molar-refractivity contribution >= 4 is 22.5 Å². The first-order chi connectivity index (χ1) is 15.2. The molecule has 31 heavy (non-hydrogen) atoms. The molecule has 0 N–H and O–H groups in total. The molecule has 0 spiro atoms. The number of rotatable bonds is 3. The molecule has 1 fully saturated rings. The summed E-state index contributed by atoms with van der Waals surface area (Å²) in [5, 5.41) is 2.05. The van der Waals surface area contributed by atoms with Crippen LogP contribution in [-0.4, -0.2) is 47.0 Å². The molecule has 3 aromatic carbocycles. The highest BCUT2D eigenvalue weighted by molar-refractivity contribution is 6.07. The smallest absolute Gasteiger partial charge is 0.254 e. The Kier molecular flexibility index (Phi) is 5.04. The predicted molar refractivity (Wildman–Crippen MR) is 119 cm³/mol. The molecule has 6 heteroatoms. The molecular weight excluding hydrogens is 391 g/mol. The van der Waals surface area contributed by atoms with Crippen molar-refractivity contribution in [3.8, 4) is 11.3 Å². The molecule has 0 unspecified atom stereocenters. The van der Waals surface area contributed by atoms with Gasteiger partial charge in [-0.3, -0.25) is 4.79 Å². The summed E-state index contributed by atoms with van der Waals surface area (Å²) in [5.74, 6) is 0.600. The van der Waals surface area contributed by atoms with Crippen LogP contribution in [0.4, 0.5) is 10.2 Å². The lowest BCUT2D eigenvalue weighted by Crippen LogP contribution is -2.49. The van der Waals surface area contributed by atoms with Gasteiger partial charge in [0, 0.05) is 43.4 Å². The predicted octanol–water partition coefficient (Wildman–Crippen LogP) is 4.40. The Morgan fingerprint density at radius 1 is 0.839 bits per heavy atom. The minimum absolute atomic E-state index is 0.0612. The van der Waals surface area contributed by atoms with Gasteiger partial charge in [0.05, 0.1) is 5.69 Å². The number of hydrogen-bond donors (Lipinski definition) is 0. The third-order valence-corrected chi connectivity index (χ3v) is 5.70. The van der Waals surface area contributed by atoms with Crippen LogP contribution in [0.25, 0.3) is 22.0 Å². The highest BCUT2D eigenvalue weighted by Crippen LogP contribution is 2.24. The van der Waals surface area contributed by atoms with Gasteiger partial charge in [0.1, 0.15) is 18.0 Å². The Morgan fingerprint density at radius 3 is 2.39 bits per heavy atom. The van der Waals surface area contributed by atoms with Gasteiger partial charge < -0.3 is 9.80 Å². The van der Waals surface area contributed by atoms with E-state index in [0.29, 0.717) is 26.2 Å². The van der Waals surface area contributed by atoms with E-state index in [1.807, 2.05) is 53.4 Å². The van der Waals surface area contributed by atoms with Gasteiger partial charge in [-0.2, -0.15) is 0 Å². The minimum Gasteiger partial charge on any atom is -0.353 e. The van der Waals surface area contributed by atoms with E-state index in [2.05, 4.69) is 14.9 Å². The largest absolute Gasteiger partial charge is 0.353 e. The van der Waals surface area contributed by atoms with E-state index in [0.717, 1.165) is 33.4 Å². The summed E-state index contributed by atoms with van der Waals surface area (Å²) in [7, 11) is 0. The Hall–Kier alpha value is -3.80. The summed E-state index contributed by atoms with van der Waals surface area (Å²) in [6.45, 7) is 2.63. The van der Waals surface area contributed by atoms with Crippen molar-refractivity contribution in [1.82, 2.24) is 14.9 Å². The molecule has 1 aromatic heterocycles. The molecule has 5 rings (SSSR count). The molecule has 0 radical (unpaired) electrons. The average molecular weight is 412 g/mol. The highest BCUT2D eigenvalue weighted by atomic mass is 19.1. The van der Waals surface area contributed by atoms with E-state index < -0.39 is 0 Å². The van der Waals surface area contributed by atoms with Crippen LogP contribution in [0.2, 0.25) is 0 Å². The van der Waals surface area contributed by atoms with E-state index >= 15 is 0 Å². The van der Waals surface area contributed by atoms with E-state index in [-0.39, 0.29) is 11.7 Å². The highest BCUT2D eigenvalue weighted by Gasteiger charge is 2.24. The molecule has 1 amide bonds. The number of amides is 1. The van der Waals surface area contributed by atoms with E-state index in [1.165, 1.54) is 18.5 Å². The molecule has 0 aliphatic carbocycles. The third-order valence-electron chi connectivity index (χ3n) is 5.70. The van der Waals surface area contributed by atoms with Gasteiger partial charge in [0.25, 0.3) is 5.91 Å². The van der Waals surface area contributed by atoms with Crippen LogP contribution in [0.3, 0.4) is 0 Å². The van der Waals surface area contributed by atoms with Gasteiger partial charge in [0.2, 0.25) is 0 Å². The van der Waals surface area contributed by atoms with Crippen LogP contribution >= 0.6 is 0 Å². The zero-order chi connectivity index (χ0) is 21.2. The second-order valence-electron chi connectivity index (χ2n) is 7.57. The Bertz CT molecular complexity index is 1230. The number of hydrogen-bond acceptors (Lipinski definition) is 4. The van der Waals surface area contributed by atoms with Crippen molar-refractivity contribution in [2.24, 2.45) is 0 Å². The number of nitrogens with zero attached hydrogens (tertiary/aromatic N) is 4. The van der Waals surface area contributed by atoms with Crippen molar-refractivity contribution in [2.75, 3.05) is 31.1 Å². The normalized spacial score (nSPS) is 14.1. The number of benzene rings is 3. The first kappa shape index (κ1) is 19.2. The summed E-state index contributed by atoms with van der Waals surface area (Å²) in [5.41, 5.74) is 2.33. The molecule has 154 valence electrons. The maximum atomic E-state index is 13.2. The van der Waals surface area contributed by atoms with E-state index in [4.69, 9.17) is 0 Å². The van der Waals surface area contributed by atoms with Gasteiger partial charge >= 0.3 is 0 Å². The van der Waals surface area contributed by atoms with Gasteiger partial charge in [-0.05, 0) is 41.1 Å². The number of anilines is 1. The molecule has 0 atom stereocenters. The fourth-order valence-corrected chi connectivity index (χ4v) is 4.02. The standard InChI is InChI=1S/C25H21FN4O/c26-20-10-8-19(9-11-20)23-16-24(28-17-27-23)29-12-14-30(15-13-29)25(31)22-7-3-5-18-4-1-2-6-21(18)22/h1-11,16-17H,12-15H2. The maximum absolute atomic E-state index is 13.2. The number of halogens is 1. The van der Waals surface area contributed by atoms with Crippen LogP contribution in [0, 0.1) is 5.82 Å². The zero-order valence-electron chi connectivity index (χ0n) is 16.9. The molecular formula is C25H21FN4O. The second-order valence-corrected chi connectivity index (χ2v) is 7.57. The van der Waals surface area contributed by atoms with Crippen molar-refractivity contribution in [3.63, 3.8) is 0 Å². The molecule has 5 nitrogen and oxygen atoms in total. The number of carbonyl (C=O) groups is 1. The lowest BCUT2D eigenvalue weighted by Gasteiger charge is -2.35. The minimum atomic E-state index is -0.273. The number of piperazine rings is 1. The van der Waals surface area contributed by atoms with Gasteiger partial charge in [-0.1, -0.05) is 36.4 Å². The summed E-state index contributed by atoms with van der Waals surface area (Å²) in [4.78, 5) is 26.0. The lowest BCUT2D eigenvalue weighted by molar-refractivity contribution is 0.0748. The van der Waals surface area contributed by atoms with Crippen LogP contribution in [0.1, 0.15) is 10.4 Å². The SMILES string of the molecule is O=C(c1cccc2ccccc12)N1CCN(c2cc(-c3ccc(F)cc3)ncn2)CC1. The monoisotopic (exact) mass is 412 g/mol. The van der Waals surface area contributed by atoms with Crippen molar-refractivity contribution in [2.45, 2.75) is 0 Å². The van der Waals surface area contributed by atoms with Crippen molar-refractivity contribution in [1.29, 1.82) is 0 Å². The van der Waals surface area contributed by atoms with Crippen LogP contribution in [0.5, 0.6) is 0 Å². The van der Waals surface area contributed by atoms with Gasteiger partial charge in [0.15, 0.2) is 0 Å². The van der Waals surface area contributed by atoms with E-state index in [9.17, 15) is 9.18 Å². The zero-order valence-corrected chi connectivity index (χ0v) is 16.9. The topological polar surface area (TPSA) is 49.3 Å². The van der Waals surface area contributed by atoms with Gasteiger partial charge in [-0.25, -0.2) is 14.4 Å². The van der Waals surface area contributed by atoms with Crippen molar-refractivity contribution < 1.29 is 9.18 Å². The Morgan fingerprint density at radius 2 is 1.58 bits per heavy atom. The summed E-state index contributed by atoms with van der Waals surface area (Å²) in [6, 6.07) is 22.0. The summed E-state index contributed by atoms with van der Waals surface area (Å²) < 4.78 is 13.2. The summed E-state index contributed by atoms with van der Waals surface area (Å²) >= 11 is 0. The Labute approximate surface area is 179 Å². The molecule has 0 bridgehead atoms. The number of carbonyl (C=O) groups excluding carboxylic acids is 1. The second kappa shape index (κ2) is 8.14. The molecule has 1 aliphatic rings. The maximum Gasteiger partial charge on any atom is 0.254 e. The fourth-order valence-electron chi connectivity index (χ4n) is 4.02. The van der Waals surface area contributed by atoms with Gasteiger partial charge in [-0.15, -0.1) is 0 Å². The fraction of sp³-hybridized carbons (Fsp3) is 0.160. The van der Waals surface area contributed by atoms with E-state index in [1.54, 1.807) is 12.1 Å². The number of aromatic nitrogens is 2. The molecule has 2 heterocycles. The molecule has 1 aliphatic heterocycles. The van der Waals surface area contributed by atoms with Crippen LogP contribution in [0.15, 0.2) is 79.1 Å². The molecule has 4 aromatic rings. The first-order valence-corrected chi connectivity index (χ1v) is 10.3. The molecule has 1 saturated heterocycles. The average Bonchev–Trinajstić information content (AvgIpc) is 2.84. The molecule has 0 saturated carbocycles.